The summed E-state index contributed by atoms with van der Waals surface area (Å²) >= 11 is 1.27. The molecule has 1 aliphatic carbocycles. The molecule has 0 spiro atoms. The van der Waals surface area contributed by atoms with Crippen LogP contribution in [0.2, 0.25) is 0 Å². The molecule has 22 heavy (non-hydrogen) atoms. The molecule has 118 valence electrons. The average Bonchev–Trinajstić information content (AvgIpc) is 2.87. The van der Waals surface area contributed by atoms with Crippen LogP contribution in [0.3, 0.4) is 0 Å². The lowest BCUT2D eigenvalue weighted by Gasteiger charge is -2.17. The monoisotopic (exact) mass is 318 g/mol. The zero-order valence-corrected chi connectivity index (χ0v) is 13.7. The Labute approximate surface area is 134 Å². The minimum absolute atomic E-state index is 0.0138. The van der Waals surface area contributed by atoms with Gasteiger partial charge in [-0.15, -0.1) is 0 Å². The second-order valence-corrected chi connectivity index (χ2v) is 7.03. The first-order valence-electron chi connectivity index (χ1n) is 7.81. The van der Waals surface area contributed by atoms with Gasteiger partial charge in [0, 0.05) is 18.0 Å². The van der Waals surface area contributed by atoms with Crippen molar-refractivity contribution in [3.8, 4) is 11.3 Å². The van der Waals surface area contributed by atoms with Crippen LogP contribution in [0.25, 0.3) is 11.3 Å². The third-order valence-electron chi connectivity index (χ3n) is 4.25. The molecule has 3 rings (SSSR count). The lowest BCUT2D eigenvalue weighted by atomic mass is 9.90. The van der Waals surface area contributed by atoms with E-state index in [2.05, 4.69) is 23.2 Å². The molecule has 2 N–H and O–H groups in total. The Hall–Kier alpha value is -1.43. The third kappa shape index (κ3) is 3.32. The Kier molecular flexibility index (Phi) is 4.76. The summed E-state index contributed by atoms with van der Waals surface area (Å²) in [5.74, 6) is 0. The largest absolute Gasteiger partial charge is 0.395 e. The number of hydrogen-bond acceptors (Lipinski definition) is 4. The van der Waals surface area contributed by atoms with Gasteiger partial charge in [-0.2, -0.15) is 0 Å². The number of aliphatic hydroxyl groups is 1. The number of nitrogens with one attached hydrogen (secondary N) is 1. The van der Waals surface area contributed by atoms with Crippen molar-refractivity contribution in [3.05, 3.63) is 43.9 Å². The van der Waals surface area contributed by atoms with Crippen molar-refractivity contribution in [1.82, 2.24) is 9.88 Å². The van der Waals surface area contributed by atoms with Gasteiger partial charge < -0.3 is 10.1 Å². The quantitative estimate of drug-likeness (QED) is 0.890. The summed E-state index contributed by atoms with van der Waals surface area (Å²) in [6, 6.07) is 6.57. The smallest absolute Gasteiger partial charge is 0.305 e. The van der Waals surface area contributed by atoms with Gasteiger partial charge in [0.2, 0.25) is 0 Å². The molecule has 1 heterocycles. The minimum atomic E-state index is -0.0138. The van der Waals surface area contributed by atoms with Gasteiger partial charge in [-0.05, 0) is 55.5 Å². The van der Waals surface area contributed by atoms with Gasteiger partial charge in [-0.25, -0.2) is 0 Å². The maximum atomic E-state index is 11.8. The number of rotatable bonds is 5. The summed E-state index contributed by atoms with van der Waals surface area (Å²) in [6.07, 6.45) is 4.83. The lowest BCUT2D eigenvalue weighted by molar-refractivity contribution is 0.218. The van der Waals surface area contributed by atoms with Crippen molar-refractivity contribution in [2.75, 3.05) is 20.2 Å². The number of H-pyrrole nitrogens is 1. The summed E-state index contributed by atoms with van der Waals surface area (Å²) in [5.41, 5.74) is 4.91. The highest BCUT2D eigenvalue weighted by molar-refractivity contribution is 7.09. The molecule has 0 atom stereocenters. The predicted molar refractivity (Wildman–Crippen MR) is 90.4 cm³/mol. The number of aromatic amines is 1. The second kappa shape index (κ2) is 6.77. The summed E-state index contributed by atoms with van der Waals surface area (Å²) in [6.45, 7) is 1.41. The fraction of sp³-hybridized carbons (Fsp3) is 0.471. The second-order valence-electron chi connectivity index (χ2n) is 5.96. The van der Waals surface area contributed by atoms with E-state index in [9.17, 15) is 4.79 Å². The third-order valence-corrected chi connectivity index (χ3v) is 5.12. The molecule has 0 saturated heterocycles. The number of thiazole rings is 1. The maximum Gasteiger partial charge on any atom is 0.305 e. The van der Waals surface area contributed by atoms with Crippen LogP contribution in [0.4, 0.5) is 0 Å². The number of fused-ring (bicyclic) bond motifs is 1. The number of benzene rings is 1. The Bertz CT molecular complexity index is 705. The van der Waals surface area contributed by atoms with E-state index >= 15 is 0 Å². The molecule has 1 aromatic heterocycles. The van der Waals surface area contributed by atoms with Crippen LogP contribution in [0, 0.1) is 0 Å². The normalized spacial score (nSPS) is 14.3. The van der Waals surface area contributed by atoms with Gasteiger partial charge in [0.1, 0.15) is 0 Å². The highest BCUT2D eigenvalue weighted by Gasteiger charge is 2.15. The Morgan fingerprint density at radius 3 is 2.82 bits per heavy atom. The number of nitrogens with zero attached hydrogens (tertiary/aromatic N) is 1. The molecular weight excluding hydrogens is 296 g/mol. The van der Waals surface area contributed by atoms with Crippen molar-refractivity contribution in [2.45, 2.75) is 32.2 Å². The van der Waals surface area contributed by atoms with Crippen LogP contribution < -0.4 is 4.87 Å². The van der Waals surface area contributed by atoms with Crippen molar-refractivity contribution in [1.29, 1.82) is 0 Å². The number of aryl methyl sites for hydroxylation is 2. The minimum Gasteiger partial charge on any atom is -0.395 e. The van der Waals surface area contributed by atoms with Crippen molar-refractivity contribution >= 4 is 11.3 Å². The first-order valence-corrected chi connectivity index (χ1v) is 8.62. The van der Waals surface area contributed by atoms with Gasteiger partial charge in [-0.1, -0.05) is 23.5 Å². The standard InChI is InChI=1S/C17H22N2O2S/c1-19(8-9-20)11-15-16(18-17(21)22-15)14-7-6-12-4-2-3-5-13(12)10-14/h6-7,10,20H,2-5,8-9,11H2,1H3,(H,18,21). The maximum absolute atomic E-state index is 11.8. The molecule has 0 bridgehead atoms. The van der Waals surface area contributed by atoms with Crippen molar-refractivity contribution < 1.29 is 5.11 Å². The van der Waals surface area contributed by atoms with E-state index in [1.165, 1.54) is 41.7 Å². The summed E-state index contributed by atoms with van der Waals surface area (Å²) in [4.78, 5) is 17.9. The zero-order valence-electron chi connectivity index (χ0n) is 12.9. The number of aliphatic hydroxyl groups excluding tert-OH is 1. The lowest BCUT2D eigenvalue weighted by Crippen LogP contribution is -2.21. The van der Waals surface area contributed by atoms with Crippen LogP contribution in [0.5, 0.6) is 0 Å². The van der Waals surface area contributed by atoms with E-state index in [-0.39, 0.29) is 11.5 Å². The Morgan fingerprint density at radius 1 is 1.27 bits per heavy atom. The molecule has 1 aliphatic rings. The van der Waals surface area contributed by atoms with Crippen LogP contribution in [0.15, 0.2) is 23.0 Å². The average molecular weight is 318 g/mol. The highest BCUT2D eigenvalue weighted by Crippen LogP contribution is 2.29. The van der Waals surface area contributed by atoms with Crippen LogP contribution in [-0.2, 0) is 19.4 Å². The molecular formula is C17H22N2O2S. The molecule has 4 nitrogen and oxygen atoms in total. The highest BCUT2D eigenvalue weighted by atomic mass is 32.1. The fourth-order valence-electron chi connectivity index (χ4n) is 3.09. The molecule has 0 radical (unpaired) electrons. The first kappa shape index (κ1) is 15.5. The Morgan fingerprint density at radius 2 is 2.05 bits per heavy atom. The van der Waals surface area contributed by atoms with Crippen molar-refractivity contribution in [2.24, 2.45) is 0 Å². The molecule has 0 saturated carbocycles. The molecule has 5 heteroatoms. The summed E-state index contributed by atoms with van der Waals surface area (Å²) < 4.78 is 0. The topological polar surface area (TPSA) is 56.3 Å². The first-order chi connectivity index (χ1) is 10.7. The molecule has 2 aromatic rings. The van der Waals surface area contributed by atoms with Crippen molar-refractivity contribution in [3.63, 3.8) is 0 Å². The van der Waals surface area contributed by atoms with E-state index in [0.717, 1.165) is 22.6 Å². The van der Waals surface area contributed by atoms with Gasteiger partial charge in [-0.3, -0.25) is 9.69 Å². The van der Waals surface area contributed by atoms with Crippen LogP contribution >= 0.6 is 11.3 Å². The molecule has 0 fully saturated rings. The van der Waals surface area contributed by atoms with Gasteiger partial charge >= 0.3 is 4.87 Å². The fourth-order valence-corrected chi connectivity index (χ4v) is 4.02. The number of aromatic nitrogens is 1. The zero-order chi connectivity index (χ0) is 15.5. The van der Waals surface area contributed by atoms with E-state index in [0.29, 0.717) is 13.1 Å². The van der Waals surface area contributed by atoms with E-state index in [1.54, 1.807) is 0 Å². The molecule has 0 amide bonds. The molecule has 1 aromatic carbocycles. The van der Waals surface area contributed by atoms with Crippen LogP contribution in [-0.4, -0.2) is 35.2 Å². The van der Waals surface area contributed by atoms with Gasteiger partial charge in [0.25, 0.3) is 0 Å². The van der Waals surface area contributed by atoms with E-state index in [4.69, 9.17) is 5.11 Å². The summed E-state index contributed by atoms with van der Waals surface area (Å²) in [7, 11) is 1.96. The van der Waals surface area contributed by atoms with E-state index in [1.807, 2.05) is 11.9 Å². The predicted octanol–water partition coefficient (Wildman–Crippen LogP) is 2.41. The van der Waals surface area contributed by atoms with Gasteiger partial charge in [0.15, 0.2) is 0 Å². The Balaban J connectivity index is 1.92. The number of likely N-dealkylation sites (N-methyl/N-ethyl adjacent to an activating group) is 1. The summed E-state index contributed by atoms with van der Waals surface area (Å²) in [5, 5.41) is 9.03. The molecule has 0 aliphatic heterocycles. The number of hydrogen-bond donors (Lipinski definition) is 2. The molecule has 0 unspecified atom stereocenters. The van der Waals surface area contributed by atoms with Crippen LogP contribution in [0.1, 0.15) is 28.8 Å². The van der Waals surface area contributed by atoms with E-state index < -0.39 is 0 Å². The SMILES string of the molecule is CN(CCO)Cc1sc(=O)[nH]c1-c1ccc2c(c1)CCCC2. The van der Waals surface area contributed by atoms with Gasteiger partial charge in [0.05, 0.1) is 12.3 Å².